The molecule has 5 heteroatoms. The Hall–Kier alpha value is -1.36. The van der Waals surface area contributed by atoms with Gasteiger partial charge in [0.1, 0.15) is 0 Å². The molecule has 0 saturated heterocycles. The first-order valence-electron chi connectivity index (χ1n) is 5.02. The fraction of sp³-hybridized carbons (Fsp3) is 0.600. The van der Waals surface area contributed by atoms with E-state index < -0.39 is 0 Å². The first-order chi connectivity index (χ1) is 7.27. The molecular weight excluding hydrogens is 194 g/mol. The summed E-state index contributed by atoms with van der Waals surface area (Å²) in [5.41, 5.74) is 0.674. The quantitative estimate of drug-likeness (QED) is 0.704. The fourth-order valence-electron chi connectivity index (χ4n) is 1.25. The Labute approximate surface area is 89.1 Å². The lowest BCUT2D eigenvalue weighted by molar-refractivity contribution is 0.190. The molecule has 1 N–H and O–H groups in total. The molecule has 0 saturated carbocycles. The van der Waals surface area contributed by atoms with Crippen molar-refractivity contribution < 1.29 is 4.74 Å². The Morgan fingerprint density at radius 1 is 1.53 bits per heavy atom. The van der Waals surface area contributed by atoms with Crippen molar-refractivity contribution in [2.24, 2.45) is 0 Å². The third-order valence-corrected chi connectivity index (χ3v) is 2.13. The van der Waals surface area contributed by atoms with Gasteiger partial charge in [0.2, 0.25) is 0 Å². The number of hydrogen-bond acceptors (Lipinski definition) is 4. The monoisotopic (exact) mass is 211 g/mol. The van der Waals surface area contributed by atoms with Crippen LogP contribution >= 0.6 is 0 Å². The molecule has 0 unspecified atom stereocenters. The normalized spacial score (nSPS) is 10.3. The average molecular weight is 211 g/mol. The van der Waals surface area contributed by atoms with Gasteiger partial charge < -0.3 is 10.1 Å². The Kier molecular flexibility index (Phi) is 4.83. The molecule has 0 aliphatic carbocycles. The predicted octanol–water partition coefficient (Wildman–Crippen LogP) is 0.712. The van der Waals surface area contributed by atoms with Crippen molar-refractivity contribution in [2.75, 3.05) is 26.1 Å². The Morgan fingerprint density at radius 2 is 2.33 bits per heavy atom. The van der Waals surface area contributed by atoms with Gasteiger partial charge in [-0.2, -0.15) is 5.10 Å². The molecule has 1 aromatic heterocycles. The molecule has 0 bridgehead atoms. The van der Waals surface area contributed by atoms with Gasteiger partial charge in [-0.3, -0.25) is 4.79 Å². The van der Waals surface area contributed by atoms with Crippen LogP contribution < -0.4 is 10.9 Å². The molecule has 0 amide bonds. The van der Waals surface area contributed by atoms with Gasteiger partial charge in [0, 0.05) is 33.4 Å². The van der Waals surface area contributed by atoms with E-state index in [1.165, 1.54) is 4.68 Å². The lowest BCUT2D eigenvalue weighted by atomic mass is 10.3. The summed E-state index contributed by atoms with van der Waals surface area (Å²) in [6.07, 6.45) is 3.50. The number of unbranched alkanes of at least 4 members (excludes halogenated alkanes) is 1. The van der Waals surface area contributed by atoms with Gasteiger partial charge in [0.25, 0.3) is 5.56 Å². The van der Waals surface area contributed by atoms with Crippen LogP contribution in [0.25, 0.3) is 0 Å². The van der Waals surface area contributed by atoms with Crippen LogP contribution in [0.3, 0.4) is 0 Å². The SMILES string of the molecule is CNc1cnn(CCCCOC)c(=O)c1. The van der Waals surface area contributed by atoms with Crippen LogP contribution in [0.5, 0.6) is 0 Å². The van der Waals surface area contributed by atoms with E-state index in [0.717, 1.165) is 25.1 Å². The highest BCUT2D eigenvalue weighted by Crippen LogP contribution is 1.98. The zero-order valence-corrected chi connectivity index (χ0v) is 9.19. The summed E-state index contributed by atoms with van der Waals surface area (Å²) in [7, 11) is 3.44. The summed E-state index contributed by atoms with van der Waals surface area (Å²) in [6.45, 7) is 1.37. The summed E-state index contributed by atoms with van der Waals surface area (Å²) in [5, 5.41) is 6.92. The molecule has 5 nitrogen and oxygen atoms in total. The minimum absolute atomic E-state index is 0.0701. The maximum Gasteiger partial charge on any atom is 0.268 e. The van der Waals surface area contributed by atoms with Crippen molar-refractivity contribution in [1.29, 1.82) is 0 Å². The van der Waals surface area contributed by atoms with Crippen LogP contribution in [-0.2, 0) is 11.3 Å². The standard InChI is InChI=1S/C10H17N3O2/c1-11-9-7-10(14)13(12-8-9)5-3-4-6-15-2/h7-8,11H,3-6H2,1-2H3. The van der Waals surface area contributed by atoms with Crippen molar-refractivity contribution in [3.8, 4) is 0 Å². The molecule has 84 valence electrons. The molecule has 0 spiro atoms. The second-order valence-electron chi connectivity index (χ2n) is 3.26. The number of aryl methyl sites for hydroxylation is 1. The van der Waals surface area contributed by atoms with Crippen LogP contribution in [0.4, 0.5) is 5.69 Å². The summed E-state index contributed by atoms with van der Waals surface area (Å²) in [6, 6.07) is 1.54. The van der Waals surface area contributed by atoms with Gasteiger partial charge in [-0.25, -0.2) is 4.68 Å². The maximum atomic E-state index is 11.5. The molecule has 1 aromatic rings. The van der Waals surface area contributed by atoms with Crippen LogP contribution in [0.1, 0.15) is 12.8 Å². The van der Waals surface area contributed by atoms with Gasteiger partial charge in [0.05, 0.1) is 11.9 Å². The van der Waals surface area contributed by atoms with Gasteiger partial charge in [-0.05, 0) is 12.8 Å². The first-order valence-corrected chi connectivity index (χ1v) is 5.02. The summed E-state index contributed by atoms with van der Waals surface area (Å²) < 4.78 is 6.40. The van der Waals surface area contributed by atoms with Crippen molar-refractivity contribution in [1.82, 2.24) is 9.78 Å². The van der Waals surface area contributed by atoms with Gasteiger partial charge in [0.15, 0.2) is 0 Å². The Morgan fingerprint density at radius 3 is 2.93 bits per heavy atom. The minimum atomic E-state index is -0.0701. The number of aromatic nitrogens is 2. The molecule has 0 aliphatic heterocycles. The third-order valence-electron chi connectivity index (χ3n) is 2.13. The number of hydrogen-bond donors (Lipinski definition) is 1. The molecular formula is C10H17N3O2. The van der Waals surface area contributed by atoms with E-state index in [0.29, 0.717) is 6.54 Å². The van der Waals surface area contributed by atoms with Crippen molar-refractivity contribution in [2.45, 2.75) is 19.4 Å². The van der Waals surface area contributed by atoms with Crippen molar-refractivity contribution in [3.63, 3.8) is 0 Å². The van der Waals surface area contributed by atoms with Crippen LogP contribution in [-0.4, -0.2) is 30.5 Å². The average Bonchev–Trinajstić information content (AvgIpc) is 2.26. The number of methoxy groups -OCH3 is 1. The highest BCUT2D eigenvalue weighted by Gasteiger charge is 1.98. The van der Waals surface area contributed by atoms with E-state index in [1.54, 1.807) is 26.4 Å². The first kappa shape index (κ1) is 11.7. The topological polar surface area (TPSA) is 56.1 Å². The molecule has 1 heterocycles. The lowest BCUT2D eigenvalue weighted by Crippen LogP contribution is -2.22. The van der Waals surface area contributed by atoms with Crippen LogP contribution in [0.2, 0.25) is 0 Å². The number of rotatable bonds is 6. The van der Waals surface area contributed by atoms with E-state index in [-0.39, 0.29) is 5.56 Å². The summed E-state index contributed by atoms with van der Waals surface area (Å²) >= 11 is 0. The van der Waals surface area contributed by atoms with E-state index in [4.69, 9.17) is 4.74 Å². The van der Waals surface area contributed by atoms with Crippen LogP contribution in [0.15, 0.2) is 17.1 Å². The van der Waals surface area contributed by atoms with Crippen molar-refractivity contribution >= 4 is 5.69 Å². The van der Waals surface area contributed by atoms with E-state index in [9.17, 15) is 4.79 Å². The minimum Gasteiger partial charge on any atom is -0.387 e. The Balaban J connectivity index is 2.51. The molecule has 1 rings (SSSR count). The molecule has 0 fully saturated rings. The zero-order chi connectivity index (χ0) is 11.1. The van der Waals surface area contributed by atoms with Crippen molar-refractivity contribution in [3.05, 3.63) is 22.6 Å². The maximum absolute atomic E-state index is 11.5. The molecule has 0 radical (unpaired) electrons. The van der Waals surface area contributed by atoms with Crippen LogP contribution in [0, 0.1) is 0 Å². The Bertz CT molecular complexity index is 349. The molecule has 0 atom stereocenters. The van der Waals surface area contributed by atoms with E-state index in [2.05, 4.69) is 10.4 Å². The highest BCUT2D eigenvalue weighted by molar-refractivity contribution is 5.37. The van der Waals surface area contributed by atoms with Gasteiger partial charge in [-0.15, -0.1) is 0 Å². The zero-order valence-electron chi connectivity index (χ0n) is 9.19. The number of anilines is 1. The van der Waals surface area contributed by atoms with Gasteiger partial charge in [-0.1, -0.05) is 0 Å². The predicted molar refractivity (Wildman–Crippen MR) is 59.2 cm³/mol. The fourth-order valence-corrected chi connectivity index (χ4v) is 1.25. The highest BCUT2D eigenvalue weighted by atomic mass is 16.5. The smallest absolute Gasteiger partial charge is 0.268 e. The summed E-state index contributed by atoms with van der Waals surface area (Å²) in [4.78, 5) is 11.5. The summed E-state index contributed by atoms with van der Waals surface area (Å²) in [5.74, 6) is 0. The largest absolute Gasteiger partial charge is 0.387 e. The molecule has 0 aromatic carbocycles. The van der Waals surface area contributed by atoms with E-state index >= 15 is 0 Å². The third kappa shape index (κ3) is 3.71. The molecule has 15 heavy (non-hydrogen) atoms. The molecule has 0 aliphatic rings. The van der Waals surface area contributed by atoms with Gasteiger partial charge >= 0.3 is 0 Å². The number of nitrogens with one attached hydrogen (secondary N) is 1. The van der Waals surface area contributed by atoms with E-state index in [1.807, 2.05) is 0 Å². The lowest BCUT2D eigenvalue weighted by Gasteiger charge is -2.05. The number of nitrogens with zero attached hydrogens (tertiary/aromatic N) is 2. The number of ether oxygens (including phenoxy) is 1. The second-order valence-corrected chi connectivity index (χ2v) is 3.26. The second kappa shape index (κ2) is 6.19.